The van der Waals surface area contributed by atoms with Crippen molar-refractivity contribution >= 4 is 5.78 Å². The van der Waals surface area contributed by atoms with E-state index >= 15 is 0 Å². The first-order valence-electron chi connectivity index (χ1n) is 6.67. The largest absolute Gasteiger partial charge is 0.497 e. The molecular formula is C17H16F2O2. The highest BCUT2D eigenvalue weighted by Crippen LogP contribution is 2.15. The number of ketones is 1. The van der Waals surface area contributed by atoms with E-state index in [0.29, 0.717) is 12.8 Å². The third-order valence-corrected chi connectivity index (χ3v) is 3.27. The maximum Gasteiger partial charge on any atom is 0.162 e. The Kier molecular flexibility index (Phi) is 5.04. The summed E-state index contributed by atoms with van der Waals surface area (Å²) in [4.78, 5) is 11.9. The summed E-state index contributed by atoms with van der Waals surface area (Å²) >= 11 is 0. The van der Waals surface area contributed by atoms with Crippen LogP contribution in [0.5, 0.6) is 5.75 Å². The molecule has 4 heteroatoms. The average Bonchev–Trinajstić information content (AvgIpc) is 2.50. The van der Waals surface area contributed by atoms with Gasteiger partial charge in [-0.2, -0.15) is 0 Å². The van der Waals surface area contributed by atoms with E-state index in [1.165, 1.54) is 12.1 Å². The van der Waals surface area contributed by atoms with Crippen LogP contribution in [0.2, 0.25) is 0 Å². The highest BCUT2D eigenvalue weighted by molar-refractivity contribution is 5.81. The molecule has 0 aliphatic heterocycles. The Bertz CT molecular complexity index is 621. The zero-order valence-corrected chi connectivity index (χ0v) is 11.7. The number of hydrogen-bond acceptors (Lipinski definition) is 2. The Morgan fingerprint density at radius 3 is 2.48 bits per heavy atom. The van der Waals surface area contributed by atoms with E-state index in [0.717, 1.165) is 17.4 Å². The van der Waals surface area contributed by atoms with Gasteiger partial charge in [-0.15, -0.1) is 0 Å². The third kappa shape index (κ3) is 4.12. The van der Waals surface area contributed by atoms with Gasteiger partial charge in [0.1, 0.15) is 11.5 Å². The molecule has 0 spiro atoms. The van der Waals surface area contributed by atoms with Crippen LogP contribution in [0, 0.1) is 11.6 Å². The number of ether oxygens (including phenoxy) is 1. The van der Waals surface area contributed by atoms with E-state index < -0.39 is 11.6 Å². The van der Waals surface area contributed by atoms with Gasteiger partial charge in [-0.05, 0) is 35.7 Å². The Morgan fingerprint density at radius 2 is 1.81 bits per heavy atom. The zero-order chi connectivity index (χ0) is 15.2. The number of carbonyl (C=O) groups is 1. The second kappa shape index (κ2) is 6.97. The van der Waals surface area contributed by atoms with E-state index in [1.807, 2.05) is 24.3 Å². The molecule has 0 unspecified atom stereocenters. The van der Waals surface area contributed by atoms with E-state index in [-0.39, 0.29) is 17.8 Å². The molecule has 0 saturated carbocycles. The van der Waals surface area contributed by atoms with E-state index in [2.05, 4.69) is 0 Å². The molecule has 21 heavy (non-hydrogen) atoms. The monoisotopic (exact) mass is 290 g/mol. The summed E-state index contributed by atoms with van der Waals surface area (Å²) in [6.45, 7) is 0. The third-order valence-electron chi connectivity index (χ3n) is 3.27. The second-order valence-electron chi connectivity index (χ2n) is 4.78. The lowest BCUT2D eigenvalue weighted by atomic mass is 10.0. The minimum Gasteiger partial charge on any atom is -0.497 e. The molecule has 0 aliphatic rings. The standard InChI is InChI=1S/C17H16F2O2/c1-21-15-9-6-12(7-10-15)5-8-14(20)11-13-3-2-4-16(18)17(13)19/h2-4,6-7,9-10H,5,8,11H2,1H3. The minimum atomic E-state index is -0.935. The number of hydrogen-bond donors (Lipinski definition) is 0. The van der Waals surface area contributed by atoms with Crippen LogP contribution in [0.15, 0.2) is 42.5 Å². The van der Waals surface area contributed by atoms with Crippen molar-refractivity contribution in [2.75, 3.05) is 7.11 Å². The molecular weight excluding hydrogens is 274 g/mol. The molecule has 0 saturated heterocycles. The smallest absolute Gasteiger partial charge is 0.162 e. The fourth-order valence-electron chi connectivity index (χ4n) is 2.06. The van der Waals surface area contributed by atoms with E-state index in [9.17, 15) is 13.6 Å². The van der Waals surface area contributed by atoms with Gasteiger partial charge in [0.15, 0.2) is 11.6 Å². The fourth-order valence-corrected chi connectivity index (χ4v) is 2.06. The minimum absolute atomic E-state index is 0.0836. The van der Waals surface area contributed by atoms with Gasteiger partial charge >= 0.3 is 0 Å². The molecule has 0 heterocycles. The number of Topliss-reactive ketones (excluding diaryl/α,β-unsaturated/α-hetero) is 1. The molecule has 110 valence electrons. The Labute approximate surface area is 122 Å². The first-order chi connectivity index (χ1) is 10.1. The summed E-state index contributed by atoms with van der Waals surface area (Å²) in [6, 6.07) is 11.3. The molecule has 2 nitrogen and oxygen atoms in total. The molecule has 0 bridgehead atoms. The van der Waals surface area contributed by atoms with Crippen molar-refractivity contribution in [3.8, 4) is 5.75 Å². The Balaban J connectivity index is 1.91. The average molecular weight is 290 g/mol. The van der Waals surface area contributed by atoms with Gasteiger partial charge in [0.25, 0.3) is 0 Å². The highest BCUT2D eigenvalue weighted by atomic mass is 19.2. The number of benzene rings is 2. The molecule has 0 aliphatic carbocycles. The number of halogens is 2. The summed E-state index contributed by atoms with van der Waals surface area (Å²) in [5.74, 6) is -1.21. The van der Waals surface area contributed by atoms with Gasteiger partial charge in [-0.25, -0.2) is 8.78 Å². The summed E-state index contributed by atoms with van der Waals surface area (Å²) in [5.41, 5.74) is 1.11. The normalized spacial score (nSPS) is 10.4. The molecule has 0 N–H and O–H groups in total. The number of rotatable bonds is 6. The number of carbonyl (C=O) groups excluding carboxylic acids is 1. The lowest BCUT2D eigenvalue weighted by Crippen LogP contribution is -2.06. The lowest BCUT2D eigenvalue weighted by Gasteiger charge is -2.05. The predicted molar refractivity (Wildman–Crippen MR) is 76.4 cm³/mol. The van der Waals surface area contributed by atoms with Crippen molar-refractivity contribution in [1.29, 1.82) is 0 Å². The highest BCUT2D eigenvalue weighted by Gasteiger charge is 2.11. The molecule has 0 aromatic heterocycles. The Hall–Kier alpha value is -2.23. The molecule has 0 radical (unpaired) electrons. The molecule has 2 rings (SSSR count). The van der Waals surface area contributed by atoms with Crippen LogP contribution in [0.4, 0.5) is 8.78 Å². The predicted octanol–water partition coefficient (Wildman–Crippen LogP) is 3.72. The molecule has 0 fully saturated rings. The van der Waals surface area contributed by atoms with Crippen molar-refractivity contribution in [3.05, 3.63) is 65.2 Å². The summed E-state index contributed by atoms with van der Waals surface area (Å²) in [5, 5.41) is 0. The molecule has 0 amide bonds. The summed E-state index contributed by atoms with van der Waals surface area (Å²) in [7, 11) is 1.59. The van der Waals surface area contributed by atoms with Gasteiger partial charge in [0.05, 0.1) is 7.11 Å². The van der Waals surface area contributed by atoms with Gasteiger partial charge < -0.3 is 4.74 Å². The zero-order valence-electron chi connectivity index (χ0n) is 11.7. The first kappa shape index (κ1) is 15.2. The fraction of sp³-hybridized carbons (Fsp3) is 0.235. The van der Waals surface area contributed by atoms with Crippen LogP contribution in [0.1, 0.15) is 17.5 Å². The molecule has 0 atom stereocenters. The first-order valence-corrected chi connectivity index (χ1v) is 6.67. The van der Waals surface area contributed by atoms with Gasteiger partial charge in [0, 0.05) is 12.8 Å². The second-order valence-corrected chi connectivity index (χ2v) is 4.78. The van der Waals surface area contributed by atoms with E-state index in [4.69, 9.17) is 4.74 Å². The maximum atomic E-state index is 13.5. The number of aryl methyl sites for hydroxylation is 1. The Morgan fingerprint density at radius 1 is 1.10 bits per heavy atom. The van der Waals surface area contributed by atoms with Crippen LogP contribution in [-0.2, 0) is 17.6 Å². The maximum absolute atomic E-state index is 13.5. The quantitative estimate of drug-likeness (QED) is 0.810. The van der Waals surface area contributed by atoms with Crippen molar-refractivity contribution < 1.29 is 18.3 Å². The lowest BCUT2D eigenvalue weighted by molar-refractivity contribution is -0.118. The van der Waals surface area contributed by atoms with Crippen LogP contribution in [-0.4, -0.2) is 12.9 Å². The topological polar surface area (TPSA) is 26.3 Å². The van der Waals surface area contributed by atoms with Crippen LogP contribution < -0.4 is 4.74 Å². The van der Waals surface area contributed by atoms with Crippen molar-refractivity contribution in [2.45, 2.75) is 19.3 Å². The summed E-state index contributed by atoms with van der Waals surface area (Å²) in [6.07, 6.45) is 0.780. The molecule has 2 aromatic rings. The van der Waals surface area contributed by atoms with Gasteiger partial charge in [0.2, 0.25) is 0 Å². The van der Waals surface area contributed by atoms with Gasteiger partial charge in [-0.1, -0.05) is 24.3 Å². The van der Waals surface area contributed by atoms with Crippen molar-refractivity contribution in [2.24, 2.45) is 0 Å². The molecule has 2 aromatic carbocycles. The van der Waals surface area contributed by atoms with Crippen LogP contribution in [0.3, 0.4) is 0 Å². The van der Waals surface area contributed by atoms with E-state index in [1.54, 1.807) is 7.11 Å². The van der Waals surface area contributed by atoms with Gasteiger partial charge in [-0.3, -0.25) is 4.79 Å². The summed E-state index contributed by atoms with van der Waals surface area (Å²) < 4.78 is 31.6. The van der Waals surface area contributed by atoms with Crippen LogP contribution in [0.25, 0.3) is 0 Å². The number of methoxy groups -OCH3 is 1. The van der Waals surface area contributed by atoms with Crippen molar-refractivity contribution in [3.63, 3.8) is 0 Å². The SMILES string of the molecule is COc1ccc(CCC(=O)Cc2cccc(F)c2F)cc1. The van der Waals surface area contributed by atoms with Crippen LogP contribution >= 0.6 is 0 Å². The van der Waals surface area contributed by atoms with Crippen molar-refractivity contribution in [1.82, 2.24) is 0 Å².